The second-order valence-corrected chi connectivity index (χ2v) is 10.6. The summed E-state index contributed by atoms with van der Waals surface area (Å²) in [6.45, 7) is 3.30. The molecule has 0 aliphatic heterocycles. The monoisotopic (exact) mass is 533 g/mol. The molecule has 0 saturated carbocycles. The molecule has 0 saturated heterocycles. The highest BCUT2D eigenvalue weighted by atomic mass is 35.5. The van der Waals surface area contributed by atoms with Crippen molar-refractivity contribution in [3.63, 3.8) is 0 Å². The number of rotatable bonds is 10. The molecule has 1 atom stereocenters. The molecule has 2 aromatic rings. The number of hydrogen-bond donors (Lipinski definition) is 1. The Hall–Kier alpha value is -2.00. The minimum atomic E-state index is -3.84. The summed E-state index contributed by atoms with van der Waals surface area (Å²) in [4.78, 5) is 27.4. The fraction of sp³-hybridized carbons (Fsp3) is 0.364. The Morgan fingerprint density at radius 2 is 1.67 bits per heavy atom. The average Bonchev–Trinajstić information content (AvgIpc) is 2.74. The molecule has 180 valence electrons. The maximum Gasteiger partial charge on any atom is 0.244 e. The molecule has 0 fully saturated rings. The number of carbonyl (C=O) groups is 2. The Kier molecular flexibility index (Phi) is 9.84. The lowest BCUT2D eigenvalue weighted by Crippen LogP contribution is -2.51. The molecule has 11 heteroatoms. The summed E-state index contributed by atoms with van der Waals surface area (Å²) in [7, 11) is -3.84. The number of benzene rings is 2. The van der Waals surface area contributed by atoms with E-state index in [4.69, 9.17) is 34.8 Å². The molecule has 0 heterocycles. The SMILES string of the molecule is CCCNC(=O)[C@@H](C)N(Cc1c(Cl)cccc1Cl)C(=O)CN(c1cccc(Cl)c1)S(C)(=O)=O. The fourth-order valence-electron chi connectivity index (χ4n) is 3.08. The zero-order valence-corrected chi connectivity index (χ0v) is 21.6. The van der Waals surface area contributed by atoms with E-state index in [2.05, 4.69) is 5.32 Å². The van der Waals surface area contributed by atoms with E-state index in [1.165, 1.54) is 17.0 Å². The minimum Gasteiger partial charge on any atom is -0.354 e. The molecule has 0 unspecified atom stereocenters. The Bertz CT molecular complexity index is 1090. The van der Waals surface area contributed by atoms with E-state index in [1.54, 1.807) is 37.3 Å². The molecule has 2 rings (SSSR count). The van der Waals surface area contributed by atoms with Crippen LogP contribution in [-0.4, -0.2) is 50.5 Å². The molecule has 0 radical (unpaired) electrons. The third-order valence-electron chi connectivity index (χ3n) is 4.88. The number of sulfonamides is 1. The van der Waals surface area contributed by atoms with Crippen molar-refractivity contribution in [2.24, 2.45) is 0 Å². The summed E-state index contributed by atoms with van der Waals surface area (Å²) >= 11 is 18.6. The average molecular weight is 535 g/mol. The predicted molar refractivity (Wildman–Crippen MR) is 133 cm³/mol. The lowest BCUT2D eigenvalue weighted by Gasteiger charge is -2.32. The van der Waals surface area contributed by atoms with Gasteiger partial charge in [0.25, 0.3) is 0 Å². The van der Waals surface area contributed by atoms with Gasteiger partial charge < -0.3 is 10.2 Å². The first-order valence-electron chi connectivity index (χ1n) is 10.2. The van der Waals surface area contributed by atoms with Crippen molar-refractivity contribution in [3.05, 3.63) is 63.1 Å². The lowest BCUT2D eigenvalue weighted by molar-refractivity contribution is -0.139. The second kappa shape index (κ2) is 11.9. The van der Waals surface area contributed by atoms with Gasteiger partial charge in [-0.1, -0.05) is 53.9 Å². The van der Waals surface area contributed by atoms with Gasteiger partial charge in [0.15, 0.2) is 0 Å². The molecule has 0 spiro atoms. The normalized spacial score (nSPS) is 12.2. The highest BCUT2D eigenvalue weighted by molar-refractivity contribution is 7.92. The van der Waals surface area contributed by atoms with Crippen LogP contribution in [-0.2, 0) is 26.2 Å². The first-order chi connectivity index (χ1) is 15.5. The van der Waals surface area contributed by atoms with Crippen molar-refractivity contribution in [2.75, 3.05) is 23.7 Å². The summed E-state index contributed by atoms with van der Waals surface area (Å²) in [6.07, 6.45) is 1.72. The molecule has 2 aromatic carbocycles. The Labute approximate surface area is 209 Å². The number of amides is 2. The van der Waals surface area contributed by atoms with Crippen LogP contribution >= 0.6 is 34.8 Å². The van der Waals surface area contributed by atoms with Crippen molar-refractivity contribution < 1.29 is 18.0 Å². The molecular weight excluding hydrogens is 509 g/mol. The maximum atomic E-state index is 13.4. The van der Waals surface area contributed by atoms with Gasteiger partial charge in [0, 0.05) is 33.7 Å². The van der Waals surface area contributed by atoms with Crippen molar-refractivity contribution >= 4 is 62.3 Å². The van der Waals surface area contributed by atoms with Crippen LogP contribution in [0.15, 0.2) is 42.5 Å². The molecular formula is C22H26Cl3N3O4S. The topological polar surface area (TPSA) is 86.8 Å². The summed E-state index contributed by atoms with van der Waals surface area (Å²) in [5.41, 5.74) is 0.690. The highest BCUT2D eigenvalue weighted by Crippen LogP contribution is 2.27. The van der Waals surface area contributed by atoms with Gasteiger partial charge in [0.2, 0.25) is 21.8 Å². The van der Waals surface area contributed by atoms with Gasteiger partial charge in [0.05, 0.1) is 11.9 Å². The smallest absolute Gasteiger partial charge is 0.244 e. The zero-order chi connectivity index (χ0) is 24.8. The summed E-state index contributed by atoms with van der Waals surface area (Å²) in [5, 5.41) is 3.74. The Morgan fingerprint density at radius 3 is 2.21 bits per heavy atom. The molecule has 0 aliphatic rings. The van der Waals surface area contributed by atoms with Gasteiger partial charge >= 0.3 is 0 Å². The van der Waals surface area contributed by atoms with Crippen molar-refractivity contribution in [1.82, 2.24) is 10.2 Å². The molecule has 1 N–H and O–H groups in total. The van der Waals surface area contributed by atoms with E-state index in [9.17, 15) is 18.0 Å². The van der Waals surface area contributed by atoms with E-state index in [0.29, 0.717) is 27.2 Å². The third kappa shape index (κ3) is 7.50. The molecule has 7 nitrogen and oxygen atoms in total. The van der Waals surface area contributed by atoms with Crippen molar-refractivity contribution in [3.8, 4) is 0 Å². The van der Waals surface area contributed by atoms with E-state index in [-0.39, 0.29) is 18.1 Å². The summed E-state index contributed by atoms with van der Waals surface area (Å²) < 4.78 is 26.0. The first-order valence-corrected chi connectivity index (χ1v) is 13.2. The number of anilines is 1. The second-order valence-electron chi connectivity index (χ2n) is 7.44. The molecule has 33 heavy (non-hydrogen) atoms. The minimum absolute atomic E-state index is 0.0782. The van der Waals surface area contributed by atoms with Gasteiger partial charge in [-0.2, -0.15) is 0 Å². The molecule has 0 aliphatic carbocycles. The zero-order valence-electron chi connectivity index (χ0n) is 18.5. The number of nitrogens with one attached hydrogen (secondary N) is 1. The van der Waals surface area contributed by atoms with Crippen LogP contribution in [0.1, 0.15) is 25.8 Å². The Morgan fingerprint density at radius 1 is 1.06 bits per heavy atom. The number of carbonyl (C=O) groups excluding carboxylic acids is 2. The van der Waals surface area contributed by atoms with Gasteiger partial charge in [-0.25, -0.2) is 8.42 Å². The van der Waals surface area contributed by atoms with Crippen LogP contribution < -0.4 is 9.62 Å². The van der Waals surface area contributed by atoms with Crippen LogP contribution in [0.5, 0.6) is 0 Å². The first kappa shape index (κ1) is 27.2. The van der Waals surface area contributed by atoms with Gasteiger partial charge in [-0.3, -0.25) is 13.9 Å². The maximum absolute atomic E-state index is 13.4. The molecule has 2 amide bonds. The van der Waals surface area contributed by atoms with E-state index >= 15 is 0 Å². The van der Waals surface area contributed by atoms with Crippen molar-refractivity contribution in [1.29, 1.82) is 0 Å². The predicted octanol–water partition coefficient (Wildman–Crippen LogP) is 4.36. The van der Waals surface area contributed by atoms with Gasteiger partial charge in [-0.05, 0) is 43.7 Å². The molecule has 0 bridgehead atoms. The summed E-state index contributed by atoms with van der Waals surface area (Å²) in [6, 6.07) is 10.2. The van der Waals surface area contributed by atoms with Crippen LogP contribution in [0, 0.1) is 0 Å². The standard InChI is InChI=1S/C22H26Cl3N3O4S/c1-4-11-26-22(30)15(2)27(13-18-19(24)9-6-10-20(18)25)21(29)14-28(33(3,31)32)17-8-5-7-16(23)12-17/h5-10,12,15H,4,11,13-14H2,1-3H3,(H,26,30)/t15-/m1/s1. The largest absolute Gasteiger partial charge is 0.354 e. The van der Waals surface area contributed by atoms with E-state index in [0.717, 1.165) is 17.0 Å². The van der Waals surface area contributed by atoms with Crippen molar-refractivity contribution in [2.45, 2.75) is 32.9 Å². The number of hydrogen-bond acceptors (Lipinski definition) is 4. The fourth-order valence-corrected chi connectivity index (χ4v) is 4.62. The van der Waals surface area contributed by atoms with E-state index in [1.807, 2.05) is 6.92 Å². The van der Waals surface area contributed by atoms with E-state index < -0.39 is 28.5 Å². The van der Waals surface area contributed by atoms with Crippen LogP contribution in [0.4, 0.5) is 5.69 Å². The highest BCUT2D eigenvalue weighted by Gasteiger charge is 2.30. The van der Waals surface area contributed by atoms with Crippen LogP contribution in [0.3, 0.4) is 0 Å². The summed E-state index contributed by atoms with van der Waals surface area (Å²) in [5.74, 6) is -0.974. The lowest BCUT2D eigenvalue weighted by atomic mass is 10.1. The van der Waals surface area contributed by atoms with Gasteiger partial charge in [-0.15, -0.1) is 0 Å². The number of nitrogens with zero attached hydrogens (tertiary/aromatic N) is 2. The van der Waals surface area contributed by atoms with Crippen LogP contribution in [0.25, 0.3) is 0 Å². The Balaban J connectivity index is 2.43. The number of halogens is 3. The van der Waals surface area contributed by atoms with Crippen LogP contribution in [0.2, 0.25) is 15.1 Å². The van der Waals surface area contributed by atoms with Gasteiger partial charge in [0.1, 0.15) is 12.6 Å². The third-order valence-corrected chi connectivity index (χ3v) is 6.97. The molecule has 0 aromatic heterocycles. The quantitative estimate of drug-likeness (QED) is 0.491.